The number of aliphatic hydroxyl groups is 1. The molecule has 0 radical (unpaired) electrons. The second-order valence-electron chi connectivity index (χ2n) is 4.60. The quantitative estimate of drug-likeness (QED) is 0.444. The zero-order valence-electron chi connectivity index (χ0n) is 8.65. The molecule has 0 atom stereocenters. The van der Waals surface area contributed by atoms with E-state index in [-0.39, 0.29) is 0 Å². The van der Waals surface area contributed by atoms with Crippen LogP contribution in [0, 0.1) is 0 Å². The Kier molecular flexibility index (Phi) is 4.36. The molecule has 0 saturated carbocycles. The van der Waals surface area contributed by atoms with Crippen LogP contribution in [0.4, 0.5) is 0 Å². The monoisotopic (exact) mass is 282 g/mol. The zero-order chi connectivity index (χ0) is 12.7. The normalized spacial score (nSPS) is 16.5. The Hall–Kier alpha value is 0.690. The fraction of sp³-hybridized carbons (Fsp3) is 1.00. The standard InChI is InChI=1S/C5H17O7P3/c1-13(2,3)4-5(6,14(7,8)9)15(10,11)12/h6,13H,4H2,1-3H3,(H2,7,8,9)(H2,10,11,12). The first kappa shape index (κ1) is 15.7. The summed E-state index contributed by atoms with van der Waals surface area (Å²) in [5, 5.41) is 6.28. The van der Waals surface area contributed by atoms with Crippen LogP contribution >= 0.6 is 22.5 Å². The minimum atomic E-state index is -5.28. The topological polar surface area (TPSA) is 135 Å². The molecule has 15 heavy (non-hydrogen) atoms. The Labute approximate surface area is 88.2 Å². The van der Waals surface area contributed by atoms with Crippen molar-refractivity contribution in [2.24, 2.45) is 0 Å². The van der Waals surface area contributed by atoms with Crippen molar-refractivity contribution in [3.8, 4) is 0 Å². The van der Waals surface area contributed by atoms with Crippen molar-refractivity contribution in [3.63, 3.8) is 0 Å². The molecule has 0 aliphatic carbocycles. The molecule has 0 unspecified atom stereocenters. The van der Waals surface area contributed by atoms with Crippen molar-refractivity contribution < 1.29 is 33.8 Å². The summed E-state index contributed by atoms with van der Waals surface area (Å²) >= 11 is 0. The van der Waals surface area contributed by atoms with Gasteiger partial charge in [-0.05, 0) is 0 Å². The number of hydrogen-bond donors (Lipinski definition) is 5. The van der Waals surface area contributed by atoms with Gasteiger partial charge in [-0.2, -0.15) is 0 Å². The zero-order valence-corrected chi connectivity index (χ0v) is 11.4. The Balaban J connectivity index is 5.46. The molecule has 0 rings (SSSR count). The molecule has 94 valence electrons. The summed E-state index contributed by atoms with van der Waals surface area (Å²) in [5.74, 6) is 0. The minimum absolute atomic E-state index is 0.561. The number of hydrogen-bond acceptors (Lipinski definition) is 3. The predicted octanol–water partition coefficient (Wildman–Crippen LogP) is -0.373. The maximum atomic E-state index is 11.0. The summed E-state index contributed by atoms with van der Waals surface area (Å²) in [6, 6.07) is 0. The summed E-state index contributed by atoms with van der Waals surface area (Å²) in [5.41, 5.74) is 0. The van der Waals surface area contributed by atoms with Gasteiger partial charge in [0.05, 0.1) is 0 Å². The van der Waals surface area contributed by atoms with E-state index < -0.39 is 33.7 Å². The van der Waals surface area contributed by atoms with Gasteiger partial charge in [0, 0.05) is 0 Å². The molecule has 0 aromatic heterocycles. The van der Waals surface area contributed by atoms with Crippen molar-refractivity contribution in [3.05, 3.63) is 0 Å². The van der Waals surface area contributed by atoms with Crippen LogP contribution in [-0.2, 0) is 9.13 Å². The van der Waals surface area contributed by atoms with Gasteiger partial charge in [-0.25, -0.2) is 0 Å². The van der Waals surface area contributed by atoms with E-state index in [1.165, 1.54) is 0 Å². The molecular weight excluding hydrogens is 265 g/mol. The molecule has 0 saturated heterocycles. The van der Waals surface area contributed by atoms with Crippen LogP contribution in [0.25, 0.3) is 0 Å². The van der Waals surface area contributed by atoms with Crippen molar-refractivity contribution in [2.45, 2.75) is 5.08 Å². The second-order valence-corrected chi connectivity index (χ2v) is 14.1. The van der Waals surface area contributed by atoms with Gasteiger partial charge in [-0.1, -0.05) is 0 Å². The Morgan fingerprint density at radius 3 is 1.33 bits per heavy atom. The van der Waals surface area contributed by atoms with Crippen LogP contribution < -0.4 is 0 Å². The van der Waals surface area contributed by atoms with Gasteiger partial charge in [0.25, 0.3) is 0 Å². The van der Waals surface area contributed by atoms with Crippen molar-refractivity contribution >= 4 is 22.5 Å². The van der Waals surface area contributed by atoms with Crippen LogP contribution in [0.5, 0.6) is 0 Å². The summed E-state index contributed by atoms with van der Waals surface area (Å²) in [7, 11) is -12.8. The molecule has 0 amide bonds. The molecule has 5 N–H and O–H groups in total. The predicted molar refractivity (Wildman–Crippen MR) is 60.0 cm³/mol. The van der Waals surface area contributed by atoms with Crippen LogP contribution in [0.2, 0.25) is 0 Å². The van der Waals surface area contributed by atoms with E-state index in [2.05, 4.69) is 0 Å². The summed E-state index contributed by atoms with van der Waals surface area (Å²) in [4.78, 5) is 35.3. The third-order valence-electron chi connectivity index (χ3n) is 1.70. The van der Waals surface area contributed by atoms with Crippen LogP contribution in [0.15, 0.2) is 0 Å². The molecule has 0 spiro atoms. The SMILES string of the molecule is C[PH](C)(C)CC(O)(P(=O)(O)O)P(=O)(O)O. The first-order chi connectivity index (χ1) is 6.21. The van der Waals surface area contributed by atoms with Crippen molar-refractivity contribution in [1.29, 1.82) is 0 Å². The molecule has 0 aromatic carbocycles. The molecule has 0 heterocycles. The van der Waals surface area contributed by atoms with Gasteiger partial charge in [0.2, 0.25) is 0 Å². The van der Waals surface area contributed by atoms with Crippen molar-refractivity contribution in [1.82, 2.24) is 0 Å². The third kappa shape index (κ3) is 3.88. The molecule has 0 aliphatic rings. The maximum absolute atomic E-state index is 11.0. The van der Waals surface area contributed by atoms with Gasteiger partial charge in [0.15, 0.2) is 0 Å². The van der Waals surface area contributed by atoms with Crippen LogP contribution in [-0.4, -0.2) is 55.9 Å². The number of rotatable bonds is 4. The first-order valence-electron chi connectivity index (χ1n) is 4.04. The van der Waals surface area contributed by atoms with Gasteiger partial charge >= 0.3 is 87.5 Å². The van der Waals surface area contributed by atoms with E-state index in [0.29, 0.717) is 0 Å². The van der Waals surface area contributed by atoms with Gasteiger partial charge < -0.3 is 0 Å². The fourth-order valence-corrected chi connectivity index (χ4v) is 8.36. The van der Waals surface area contributed by atoms with E-state index in [0.717, 1.165) is 0 Å². The second kappa shape index (κ2) is 4.17. The third-order valence-corrected chi connectivity index (χ3v) is 7.61. The van der Waals surface area contributed by atoms with E-state index in [4.69, 9.17) is 19.6 Å². The van der Waals surface area contributed by atoms with Crippen LogP contribution in [0.3, 0.4) is 0 Å². The van der Waals surface area contributed by atoms with E-state index in [9.17, 15) is 14.2 Å². The molecule has 0 bridgehead atoms. The molecule has 0 aromatic rings. The van der Waals surface area contributed by atoms with Crippen LogP contribution in [0.1, 0.15) is 0 Å². The summed E-state index contributed by atoms with van der Waals surface area (Å²) in [6.07, 6.45) is -0.561. The van der Waals surface area contributed by atoms with E-state index in [1.807, 2.05) is 0 Å². The average Bonchev–Trinajstić information content (AvgIpc) is 1.77. The fourth-order valence-electron chi connectivity index (χ4n) is 1.09. The van der Waals surface area contributed by atoms with Gasteiger partial charge in [0.1, 0.15) is 0 Å². The van der Waals surface area contributed by atoms with Gasteiger partial charge in [-0.15, -0.1) is 0 Å². The molecular formula is C5H17O7P3. The first-order valence-corrected chi connectivity index (χ1v) is 11.0. The van der Waals surface area contributed by atoms with Crippen molar-refractivity contribution in [2.75, 3.05) is 26.2 Å². The molecule has 0 aliphatic heterocycles. The van der Waals surface area contributed by atoms with Gasteiger partial charge in [-0.3, -0.25) is 0 Å². The molecule has 7 nitrogen and oxygen atoms in total. The van der Waals surface area contributed by atoms with E-state index in [1.54, 1.807) is 20.0 Å². The summed E-state index contributed by atoms with van der Waals surface area (Å²) < 4.78 is 21.9. The van der Waals surface area contributed by atoms with E-state index >= 15 is 0 Å². The molecule has 10 heteroatoms. The molecule has 0 fully saturated rings. The Morgan fingerprint density at radius 2 is 1.27 bits per heavy atom. The Bertz CT molecular complexity index is 298. The Morgan fingerprint density at radius 1 is 1.00 bits per heavy atom. The average molecular weight is 282 g/mol. The summed E-state index contributed by atoms with van der Waals surface area (Å²) in [6.45, 7) is 4.93.